The molecule has 17 heavy (non-hydrogen) atoms. The first-order chi connectivity index (χ1) is 7.68. The van der Waals surface area contributed by atoms with Crippen molar-refractivity contribution in [2.75, 3.05) is 13.1 Å². The average molecular weight is 243 g/mol. The minimum Gasteiger partial charge on any atom is -0.444 e. The third-order valence-corrected chi connectivity index (χ3v) is 2.85. The zero-order valence-electron chi connectivity index (χ0n) is 10.9. The van der Waals surface area contributed by atoms with E-state index in [-0.39, 0.29) is 11.9 Å². The minimum absolute atomic E-state index is 0.156. The fourth-order valence-electron chi connectivity index (χ4n) is 1.77. The number of nitrogens with two attached hydrogens (primary N) is 1. The van der Waals surface area contributed by atoms with Crippen molar-refractivity contribution in [1.82, 2.24) is 4.90 Å². The first-order valence-corrected chi connectivity index (χ1v) is 5.64. The standard InChI is InChI=1S/C11H21N3O3/c1-10(2,3)17-9(15)14-6-5-11(4,7-14)8(12)13-16/h16H,5-7H2,1-4H3,(H2,12,13). The normalized spacial score (nSPS) is 26.1. The molecule has 0 spiro atoms. The Morgan fingerprint density at radius 2 is 2.12 bits per heavy atom. The van der Waals surface area contributed by atoms with Crippen LogP contribution in [0.25, 0.3) is 0 Å². The van der Waals surface area contributed by atoms with E-state index in [1.165, 1.54) is 0 Å². The zero-order chi connectivity index (χ0) is 13.3. The molecule has 0 aliphatic carbocycles. The van der Waals surface area contributed by atoms with Crippen LogP contribution in [0.15, 0.2) is 5.16 Å². The minimum atomic E-state index is -0.507. The Morgan fingerprint density at radius 1 is 1.53 bits per heavy atom. The van der Waals surface area contributed by atoms with Gasteiger partial charge >= 0.3 is 6.09 Å². The number of amidine groups is 1. The van der Waals surface area contributed by atoms with Gasteiger partial charge in [0, 0.05) is 18.5 Å². The summed E-state index contributed by atoms with van der Waals surface area (Å²) < 4.78 is 5.27. The van der Waals surface area contributed by atoms with Gasteiger partial charge in [-0.25, -0.2) is 4.79 Å². The smallest absolute Gasteiger partial charge is 0.410 e. The van der Waals surface area contributed by atoms with E-state index in [1.54, 1.807) is 4.90 Å². The number of rotatable bonds is 1. The Hall–Kier alpha value is -1.46. The van der Waals surface area contributed by atoms with E-state index < -0.39 is 11.0 Å². The van der Waals surface area contributed by atoms with Gasteiger partial charge in [-0.15, -0.1) is 0 Å². The molecule has 1 aliphatic rings. The van der Waals surface area contributed by atoms with Crippen LogP contribution in [0.5, 0.6) is 0 Å². The lowest BCUT2D eigenvalue weighted by Gasteiger charge is -2.26. The number of oxime groups is 1. The molecule has 1 unspecified atom stereocenters. The maximum atomic E-state index is 11.8. The molecule has 98 valence electrons. The van der Waals surface area contributed by atoms with Crippen LogP contribution in [0.4, 0.5) is 4.79 Å². The van der Waals surface area contributed by atoms with Gasteiger partial charge in [-0.05, 0) is 27.2 Å². The summed E-state index contributed by atoms with van der Waals surface area (Å²) in [6, 6.07) is 0. The average Bonchev–Trinajstić information content (AvgIpc) is 2.58. The largest absolute Gasteiger partial charge is 0.444 e. The highest BCUT2D eigenvalue weighted by molar-refractivity contribution is 5.87. The predicted molar refractivity (Wildman–Crippen MR) is 63.9 cm³/mol. The third-order valence-electron chi connectivity index (χ3n) is 2.85. The van der Waals surface area contributed by atoms with Crippen LogP contribution in [-0.2, 0) is 4.74 Å². The Bertz CT molecular complexity index is 335. The number of nitrogens with zero attached hydrogens (tertiary/aromatic N) is 2. The molecule has 0 bridgehead atoms. The number of carbonyl (C=O) groups is 1. The van der Waals surface area contributed by atoms with Crippen molar-refractivity contribution in [3.8, 4) is 0 Å². The lowest BCUT2D eigenvalue weighted by atomic mass is 9.89. The second-order valence-electron chi connectivity index (χ2n) is 5.70. The molecule has 0 radical (unpaired) electrons. The molecule has 6 heteroatoms. The number of likely N-dealkylation sites (tertiary alicyclic amines) is 1. The Kier molecular flexibility index (Phi) is 3.54. The van der Waals surface area contributed by atoms with Crippen molar-refractivity contribution in [2.45, 2.75) is 39.7 Å². The Balaban J connectivity index is 2.65. The number of carbonyl (C=O) groups excluding carboxylic acids is 1. The molecule has 1 heterocycles. The van der Waals surface area contributed by atoms with Crippen LogP contribution in [-0.4, -0.2) is 40.7 Å². The van der Waals surface area contributed by atoms with Gasteiger partial charge in [0.25, 0.3) is 0 Å². The van der Waals surface area contributed by atoms with Gasteiger partial charge in [0.05, 0.1) is 0 Å². The molecule has 0 aromatic heterocycles. The van der Waals surface area contributed by atoms with E-state index in [9.17, 15) is 4.79 Å². The SMILES string of the molecule is CC(C)(C)OC(=O)N1CCC(C)(/C(N)=N\O)C1. The molecule has 0 aromatic carbocycles. The Labute approximate surface area is 101 Å². The lowest BCUT2D eigenvalue weighted by molar-refractivity contribution is 0.0284. The highest BCUT2D eigenvalue weighted by atomic mass is 16.6. The molecule has 1 amide bonds. The maximum absolute atomic E-state index is 11.8. The van der Waals surface area contributed by atoms with Crippen molar-refractivity contribution >= 4 is 11.9 Å². The fourth-order valence-corrected chi connectivity index (χ4v) is 1.77. The summed E-state index contributed by atoms with van der Waals surface area (Å²) in [6.45, 7) is 8.31. The highest BCUT2D eigenvalue weighted by Gasteiger charge is 2.40. The number of ether oxygens (including phenoxy) is 1. The molecule has 0 saturated carbocycles. The summed E-state index contributed by atoms with van der Waals surface area (Å²) in [5.74, 6) is 0.156. The molecule has 1 atom stereocenters. The molecule has 1 rings (SSSR count). The summed E-state index contributed by atoms with van der Waals surface area (Å²) in [7, 11) is 0. The van der Waals surface area contributed by atoms with E-state index in [1.807, 2.05) is 27.7 Å². The molecule has 0 aromatic rings. The summed E-state index contributed by atoms with van der Waals surface area (Å²) in [6.07, 6.45) is 0.314. The van der Waals surface area contributed by atoms with Crippen molar-refractivity contribution < 1.29 is 14.7 Å². The molecule has 1 aliphatic heterocycles. The van der Waals surface area contributed by atoms with E-state index in [0.717, 1.165) is 0 Å². The van der Waals surface area contributed by atoms with E-state index in [4.69, 9.17) is 15.7 Å². The summed E-state index contributed by atoms with van der Waals surface area (Å²) in [4.78, 5) is 13.4. The van der Waals surface area contributed by atoms with Crippen LogP contribution >= 0.6 is 0 Å². The molecule has 3 N–H and O–H groups in total. The number of hydrogen-bond acceptors (Lipinski definition) is 4. The van der Waals surface area contributed by atoms with Crippen molar-refractivity contribution in [1.29, 1.82) is 0 Å². The molecule has 6 nitrogen and oxygen atoms in total. The van der Waals surface area contributed by atoms with E-state index in [0.29, 0.717) is 19.5 Å². The summed E-state index contributed by atoms with van der Waals surface area (Å²) in [5.41, 5.74) is 4.65. The topological polar surface area (TPSA) is 88.2 Å². The first kappa shape index (κ1) is 13.6. The quantitative estimate of drug-likeness (QED) is 0.315. The molecular formula is C11H21N3O3. The van der Waals surface area contributed by atoms with Gasteiger partial charge in [0.1, 0.15) is 11.4 Å². The summed E-state index contributed by atoms with van der Waals surface area (Å²) >= 11 is 0. The molecule has 1 fully saturated rings. The maximum Gasteiger partial charge on any atom is 0.410 e. The monoisotopic (exact) mass is 243 g/mol. The van der Waals surface area contributed by atoms with Gasteiger partial charge in [0.2, 0.25) is 0 Å². The van der Waals surface area contributed by atoms with Crippen LogP contribution in [0, 0.1) is 5.41 Å². The van der Waals surface area contributed by atoms with Gasteiger partial charge in [-0.2, -0.15) is 0 Å². The third kappa shape index (κ3) is 3.25. The van der Waals surface area contributed by atoms with Gasteiger partial charge < -0.3 is 20.6 Å². The van der Waals surface area contributed by atoms with Crippen LogP contribution in [0.2, 0.25) is 0 Å². The second kappa shape index (κ2) is 4.43. The first-order valence-electron chi connectivity index (χ1n) is 5.64. The van der Waals surface area contributed by atoms with Gasteiger partial charge in [-0.1, -0.05) is 12.1 Å². The number of hydrogen-bond donors (Lipinski definition) is 2. The Morgan fingerprint density at radius 3 is 2.59 bits per heavy atom. The van der Waals surface area contributed by atoms with E-state index in [2.05, 4.69) is 5.16 Å². The lowest BCUT2D eigenvalue weighted by Crippen LogP contribution is -2.40. The zero-order valence-corrected chi connectivity index (χ0v) is 10.9. The predicted octanol–water partition coefficient (Wildman–Crippen LogP) is 1.38. The summed E-state index contributed by atoms with van der Waals surface area (Å²) in [5, 5.41) is 11.7. The number of amides is 1. The highest BCUT2D eigenvalue weighted by Crippen LogP contribution is 2.30. The fraction of sp³-hybridized carbons (Fsp3) is 0.818. The van der Waals surface area contributed by atoms with E-state index >= 15 is 0 Å². The molecule has 1 saturated heterocycles. The van der Waals surface area contributed by atoms with Crippen LogP contribution in [0.1, 0.15) is 34.1 Å². The van der Waals surface area contributed by atoms with Gasteiger partial charge in [0.15, 0.2) is 0 Å². The van der Waals surface area contributed by atoms with Crippen LogP contribution < -0.4 is 5.73 Å². The van der Waals surface area contributed by atoms with Crippen molar-refractivity contribution in [3.63, 3.8) is 0 Å². The van der Waals surface area contributed by atoms with Crippen molar-refractivity contribution in [3.05, 3.63) is 0 Å². The second-order valence-corrected chi connectivity index (χ2v) is 5.70. The van der Waals surface area contributed by atoms with Crippen LogP contribution in [0.3, 0.4) is 0 Å². The molecular weight excluding hydrogens is 222 g/mol. The van der Waals surface area contributed by atoms with Crippen molar-refractivity contribution in [2.24, 2.45) is 16.3 Å². The van der Waals surface area contributed by atoms with Gasteiger partial charge in [-0.3, -0.25) is 0 Å².